The number of aromatic amines is 1. The molecule has 0 spiro atoms. The van der Waals surface area contributed by atoms with Gasteiger partial charge < -0.3 is 29.7 Å². The number of fused-ring (bicyclic) bond motifs is 2. The number of nitrogens with zero attached hydrogens (tertiary/aromatic N) is 3. The normalized spacial score (nSPS) is 17.4. The number of ether oxygens (including phenoxy) is 1. The summed E-state index contributed by atoms with van der Waals surface area (Å²) in [6, 6.07) is 20.0. The topological polar surface area (TPSA) is 98.0 Å². The molecule has 0 aliphatic carbocycles. The number of rotatable bonds is 9. The lowest BCUT2D eigenvalue weighted by Crippen LogP contribution is -2.54. The molecule has 1 aromatic heterocycles. The number of amides is 3. The van der Waals surface area contributed by atoms with E-state index in [1.807, 2.05) is 67.7 Å². The molecular weight excluding hydrogens is 614 g/mol. The first kappa shape index (κ1) is 32.6. The van der Waals surface area contributed by atoms with Crippen LogP contribution < -0.4 is 15.0 Å². The van der Waals surface area contributed by atoms with Gasteiger partial charge in [-0.25, -0.2) is 0 Å². The standard InChI is InChI=1S/C37H42ClN5O4/c1-41(2)22-24-18-27-19-29(38)10-13-34(27)43(23-24)37(46)33(20-28-21-39-32-7-5-4-6-31(28)32)40-35(44)25-14-16-42(17-15-25)36(45)26-8-11-30(47-3)12-9-26/h4-13,19,21,24-25,33,39H,14-18,20,22-23H2,1-3H3,(H,40,44)/t24-,33-/m1/s1. The molecule has 2 aliphatic rings. The largest absolute Gasteiger partial charge is 0.497 e. The van der Waals surface area contributed by atoms with Crippen molar-refractivity contribution in [2.24, 2.45) is 11.8 Å². The summed E-state index contributed by atoms with van der Waals surface area (Å²) in [5.74, 6) is 0.258. The summed E-state index contributed by atoms with van der Waals surface area (Å²) in [4.78, 5) is 50.7. The monoisotopic (exact) mass is 655 g/mol. The number of hydrogen-bond acceptors (Lipinski definition) is 5. The lowest BCUT2D eigenvalue weighted by Gasteiger charge is -2.38. The van der Waals surface area contributed by atoms with E-state index >= 15 is 0 Å². The van der Waals surface area contributed by atoms with Crippen LogP contribution in [-0.4, -0.2) is 85.9 Å². The van der Waals surface area contributed by atoms with Crippen molar-refractivity contribution in [2.45, 2.75) is 31.7 Å². The Kier molecular flexibility index (Phi) is 9.84. The second-order valence-electron chi connectivity index (χ2n) is 13.0. The summed E-state index contributed by atoms with van der Waals surface area (Å²) >= 11 is 6.40. The minimum Gasteiger partial charge on any atom is -0.497 e. The molecule has 1 fully saturated rings. The first-order valence-corrected chi connectivity index (χ1v) is 16.6. The van der Waals surface area contributed by atoms with Crippen LogP contribution in [0.5, 0.6) is 5.75 Å². The Morgan fingerprint density at radius 2 is 1.79 bits per heavy atom. The Hall–Kier alpha value is -4.34. The van der Waals surface area contributed by atoms with Crippen molar-refractivity contribution in [3.05, 3.63) is 94.6 Å². The highest BCUT2D eigenvalue weighted by atomic mass is 35.5. The zero-order valence-corrected chi connectivity index (χ0v) is 27.9. The Labute approximate surface area is 280 Å². The van der Waals surface area contributed by atoms with Crippen LogP contribution in [0.2, 0.25) is 5.02 Å². The third kappa shape index (κ3) is 7.31. The van der Waals surface area contributed by atoms with Gasteiger partial charge in [0.25, 0.3) is 5.91 Å². The van der Waals surface area contributed by atoms with Gasteiger partial charge in [0.2, 0.25) is 11.8 Å². The predicted molar refractivity (Wildman–Crippen MR) is 185 cm³/mol. The number of likely N-dealkylation sites (tertiary alicyclic amines) is 1. The fraction of sp³-hybridized carbons (Fsp3) is 0.378. The molecule has 246 valence electrons. The van der Waals surface area contributed by atoms with Crippen LogP contribution in [0.25, 0.3) is 10.9 Å². The maximum atomic E-state index is 14.6. The van der Waals surface area contributed by atoms with Crippen LogP contribution in [-0.2, 0) is 22.4 Å². The number of H-pyrrole nitrogens is 1. The Bertz CT molecular complexity index is 1750. The Morgan fingerprint density at radius 1 is 1.04 bits per heavy atom. The Morgan fingerprint density at radius 3 is 2.51 bits per heavy atom. The highest BCUT2D eigenvalue weighted by molar-refractivity contribution is 6.30. The maximum absolute atomic E-state index is 14.6. The van der Waals surface area contributed by atoms with Crippen LogP contribution in [0.4, 0.5) is 5.69 Å². The molecule has 0 bridgehead atoms. The molecule has 2 N–H and O–H groups in total. The van der Waals surface area contributed by atoms with Gasteiger partial charge in [0.05, 0.1) is 7.11 Å². The number of carbonyl (C=O) groups excluding carboxylic acids is 3. The van der Waals surface area contributed by atoms with E-state index in [0.717, 1.165) is 40.7 Å². The molecule has 3 heterocycles. The zero-order chi connectivity index (χ0) is 33.1. The van der Waals surface area contributed by atoms with Crippen LogP contribution in [0, 0.1) is 11.8 Å². The quantitative estimate of drug-likeness (QED) is 0.259. The molecule has 10 heteroatoms. The zero-order valence-electron chi connectivity index (χ0n) is 27.2. The number of anilines is 1. The average molecular weight is 656 g/mol. The van der Waals surface area contributed by atoms with Crippen molar-refractivity contribution in [3.8, 4) is 5.75 Å². The van der Waals surface area contributed by atoms with Crippen LogP contribution >= 0.6 is 11.6 Å². The van der Waals surface area contributed by atoms with Crippen molar-refractivity contribution >= 4 is 45.9 Å². The number of benzene rings is 3. The average Bonchev–Trinajstić information content (AvgIpc) is 3.49. The van der Waals surface area contributed by atoms with E-state index in [0.29, 0.717) is 55.2 Å². The number of nitrogens with one attached hydrogen (secondary N) is 2. The molecule has 4 aromatic rings. The molecule has 0 unspecified atom stereocenters. The second-order valence-corrected chi connectivity index (χ2v) is 13.4. The molecule has 0 radical (unpaired) electrons. The fourth-order valence-corrected chi connectivity index (χ4v) is 7.21. The molecule has 47 heavy (non-hydrogen) atoms. The number of hydrogen-bond donors (Lipinski definition) is 2. The van der Waals surface area contributed by atoms with Gasteiger partial charge in [-0.2, -0.15) is 0 Å². The molecular formula is C37H42ClN5O4. The van der Waals surface area contributed by atoms with Crippen LogP contribution in [0.3, 0.4) is 0 Å². The molecule has 3 aromatic carbocycles. The summed E-state index contributed by atoms with van der Waals surface area (Å²) in [7, 11) is 5.67. The van der Waals surface area contributed by atoms with Crippen molar-refractivity contribution < 1.29 is 19.1 Å². The van der Waals surface area contributed by atoms with E-state index in [1.54, 1.807) is 36.3 Å². The van der Waals surface area contributed by atoms with Gasteiger partial charge in [0.1, 0.15) is 11.8 Å². The fourth-order valence-electron chi connectivity index (χ4n) is 7.02. The van der Waals surface area contributed by atoms with E-state index in [-0.39, 0.29) is 29.6 Å². The van der Waals surface area contributed by atoms with E-state index in [1.165, 1.54) is 0 Å². The van der Waals surface area contributed by atoms with Gasteiger partial charge in [-0.05, 0) is 98.9 Å². The number of para-hydroxylation sites is 1. The number of carbonyl (C=O) groups is 3. The molecule has 0 saturated carbocycles. The number of methoxy groups -OCH3 is 1. The smallest absolute Gasteiger partial charge is 0.253 e. The summed E-state index contributed by atoms with van der Waals surface area (Å²) in [5, 5.41) is 4.84. The minimum atomic E-state index is -0.776. The van der Waals surface area contributed by atoms with Gasteiger partial charge in [-0.15, -0.1) is 0 Å². The molecule has 2 atom stereocenters. The number of piperidine rings is 1. The lowest BCUT2D eigenvalue weighted by atomic mass is 9.90. The van der Waals surface area contributed by atoms with E-state index in [4.69, 9.17) is 16.3 Å². The summed E-state index contributed by atoms with van der Waals surface area (Å²) < 4.78 is 5.21. The Balaban J connectivity index is 1.21. The van der Waals surface area contributed by atoms with Crippen LogP contribution in [0.1, 0.15) is 34.3 Å². The van der Waals surface area contributed by atoms with Crippen molar-refractivity contribution in [1.29, 1.82) is 0 Å². The highest BCUT2D eigenvalue weighted by Crippen LogP contribution is 2.33. The third-order valence-corrected chi connectivity index (χ3v) is 9.61. The maximum Gasteiger partial charge on any atom is 0.253 e. The van der Waals surface area contributed by atoms with Gasteiger partial charge in [0, 0.05) is 71.9 Å². The van der Waals surface area contributed by atoms with E-state index in [9.17, 15) is 14.4 Å². The summed E-state index contributed by atoms with van der Waals surface area (Å²) in [6.45, 7) is 2.31. The van der Waals surface area contributed by atoms with Gasteiger partial charge in [-0.3, -0.25) is 14.4 Å². The van der Waals surface area contributed by atoms with E-state index in [2.05, 4.69) is 15.2 Å². The van der Waals surface area contributed by atoms with Crippen molar-refractivity contribution in [3.63, 3.8) is 0 Å². The lowest BCUT2D eigenvalue weighted by molar-refractivity contribution is -0.131. The molecule has 1 saturated heterocycles. The number of halogens is 1. The summed E-state index contributed by atoms with van der Waals surface area (Å²) in [6.07, 6.45) is 4.15. The number of aromatic nitrogens is 1. The first-order valence-electron chi connectivity index (χ1n) is 16.2. The second kappa shape index (κ2) is 14.2. The minimum absolute atomic E-state index is 0.0601. The highest BCUT2D eigenvalue weighted by Gasteiger charge is 2.36. The molecule has 9 nitrogen and oxygen atoms in total. The third-order valence-electron chi connectivity index (χ3n) is 9.37. The van der Waals surface area contributed by atoms with Crippen LogP contribution in [0.15, 0.2) is 72.9 Å². The molecule has 3 amide bonds. The predicted octanol–water partition coefficient (Wildman–Crippen LogP) is 5.18. The molecule has 6 rings (SSSR count). The van der Waals surface area contributed by atoms with Gasteiger partial charge in [-0.1, -0.05) is 29.8 Å². The summed E-state index contributed by atoms with van der Waals surface area (Å²) in [5.41, 5.74) is 4.43. The van der Waals surface area contributed by atoms with Gasteiger partial charge >= 0.3 is 0 Å². The van der Waals surface area contributed by atoms with Crippen molar-refractivity contribution in [2.75, 3.05) is 52.3 Å². The first-order chi connectivity index (χ1) is 22.7. The SMILES string of the molecule is COc1ccc(C(=O)N2CCC(C(=O)N[C@H](Cc3c[nH]c4ccccc34)C(=O)N3C[C@@H](CN(C)C)Cc4cc(Cl)ccc43)CC2)cc1. The van der Waals surface area contributed by atoms with Gasteiger partial charge in [0.15, 0.2) is 0 Å². The molecule has 2 aliphatic heterocycles. The van der Waals surface area contributed by atoms with E-state index < -0.39 is 6.04 Å². The van der Waals surface area contributed by atoms with Crippen molar-refractivity contribution in [1.82, 2.24) is 20.1 Å².